The molecule has 3 aromatic rings. The van der Waals surface area contributed by atoms with E-state index >= 15 is 0 Å². The molecule has 0 aliphatic rings. The average molecular weight is 353 g/mol. The average Bonchev–Trinajstić information content (AvgIpc) is 2.67. The second kappa shape index (κ2) is 8.46. The van der Waals surface area contributed by atoms with Crippen molar-refractivity contribution in [1.29, 1.82) is 0 Å². The Morgan fingerprint density at radius 2 is 1.92 bits per heavy atom. The first-order valence-electron chi connectivity index (χ1n) is 7.84. The van der Waals surface area contributed by atoms with E-state index in [4.69, 9.17) is 5.11 Å². The quantitative estimate of drug-likeness (QED) is 0.561. The van der Waals surface area contributed by atoms with Crippen molar-refractivity contribution in [3.8, 4) is 11.3 Å². The van der Waals surface area contributed by atoms with E-state index in [0.717, 1.165) is 16.9 Å². The van der Waals surface area contributed by atoms with Gasteiger partial charge in [0.2, 0.25) is 5.95 Å². The number of benzene rings is 1. The zero-order chi connectivity index (χ0) is 17.5. The highest BCUT2D eigenvalue weighted by Gasteiger charge is 2.07. The summed E-state index contributed by atoms with van der Waals surface area (Å²) in [4.78, 5) is 14.2. The van der Waals surface area contributed by atoms with E-state index in [9.17, 15) is 0 Å². The number of anilines is 3. The fourth-order valence-corrected chi connectivity index (χ4v) is 2.74. The van der Waals surface area contributed by atoms with Crippen LogP contribution in [-0.4, -0.2) is 39.5 Å². The molecule has 0 aliphatic heterocycles. The number of aliphatic hydroxyl groups is 1. The van der Waals surface area contributed by atoms with Gasteiger partial charge in [-0.15, -0.1) is 11.8 Å². The Labute approximate surface area is 150 Å². The van der Waals surface area contributed by atoms with Crippen LogP contribution in [0, 0.1) is 0 Å². The summed E-state index contributed by atoms with van der Waals surface area (Å²) in [6.07, 6.45) is 5.50. The van der Waals surface area contributed by atoms with Gasteiger partial charge in [-0.25, -0.2) is 4.98 Å². The van der Waals surface area contributed by atoms with Gasteiger partial charge in [-0.1, -0.05) is 6.07 Å². The predicted molar refractivity (Wildman–Crippen MR) is 102 cm³/mol. The van der Waals surface area contributed by atoms with Crippen molar-refractivity contribution in [2.75, 3.05) is 30.0 Å². The van der Waals surface area contributed by atoms with E-state index in [1.807, 2.05) is 36.6 Å². The third kappa shape index (κ3) is 4.68. The number of pyridine rings is 1. The Morgan fingerprint density at radius 1 is 1.08 bits per heavy atom. The van der Waals surface area contributed by atoms with Crippen molar-refractivity contribution in [2.45, 2.75) is 4.90 Å². The molecule has 0 saturated heterocycles. The predicted octanol–water partition coefficient (Wildman–Crippen LogP) is 3.41. The summed E-state index contributed by atoms with van der Waals surface area (Å²) in [5.74, 6) is 1.15. The molecule has 3 rings (SSSR count). The lowest BCUT2D eigenvalue weighted by atomic mass is 10.2. The zero-order valence-electron chi connectivity index (χ0n) is 13.8. The van der Waals surface area contributed by atoms with E-state index < -0.39 is 0 Å². The summed E-state index contributed by atoms with van der Waals surface area (Å²) < 4.78 is 0. The molecule has 0 atom stereocenters. The molecule has 2 aromatic heterocycles. The molecule has 0 unspecified atom stereocenters. The second-order valence-electron chi connectivity index (χ2n) is 5.21. The summed E-state index contributed by atoms with van der Waals surface area (Å²) in [6, 6.07) is 13.8. The molecule has 3 N–H and O–H groups in total. The highest BCUT2D eigenvalue weighted by atomic mass is 32.2. The van der Waals surface area contributed by atoms with Crippen LogP contribution in [0.3, 0.4) is 0 Å². The molecule has 0 saturated carbocycles. The molecule has 25 heavy (non-hydrogen) atoms. The highest BCUT2D eigenvalue weighted by Crippen LogP contribution is 2.25. The summed E-state index contributed by atoms with van der Waals surface area (Å²) >= 11 is 1.69. The first kappa shape index (κ1) is 17.2. The van der Waals surface area contributed by atoms with Crippen molar-refractivity contribution in [2.24, 2.45) is 0 Å². The number of rotatable bonds is 7. The van der Waals surface area contributed by atoms with Gasteiger partial charge in [-0.2, -0.15) is 4.98 Å². The lowest BCUT2D eigenvalue weighted by Gasteiger charge is -2.11. The van der Waals surface area contributed by atoms with Crippen LogP contribution in [-0.2, 0) is 0 Å². The number of aromatic nitrogens is 3. The fourth-order valence-electron chi connectivity index (χ4n) is 2.28. The summed E-state index contributed by atoms with van der Waals surface area (Å²) in [5.41, 5.74) is 2.69. The molecule has 0 spiro atoms. The van der Waals surface area contributed by atoms with Gasteiger partial charge in [0.1, 0.15) is 5.82 Å². The Bertz CT molecular complexity index is 829. The molecule has 0 bridgehead atoms. The third-order valence-corrected chi connectivity index (χ3v) is 4.16. The summed E-state index contributed by atoms with van der Waals surface area (Å²) in [5, 5.41) is 15.4. The van der Waals surface area contributed by atoms with Crippen LogP contribution in [0.15, 0.2) is 59.8 Å². The monoisotopic (exact) mass is 353 g/mol. The SMILES string of the molecule is CSc1cccc(Nc2cc(-c3ccncc3)nc(NCCO)n2)c1. The smallest absolute Gasteiger partial charge is 0.225 e. The molecule has 0 fully saturated rings. The molecule has 6 nitrogen and oxygen atoms in total. The van der Waals surface area contributed by atoms with Crippen LogP contribution in [0.4, 0.5) is 17.5 Å². The van der Waals surface area contributed by atoms with Gasteiger partial charge in [0.15, 0.2) is 0 Å². The maximum absolute atomic E-state index is 9.03. The standard InChI is InChI=1S/C18H19N5OS/c1-25-15-4-2-3-14(11-15)21-17-12-16(13-5-7-19-8-6-13)22-18(23-17)20-9-10-24/h2-8,11-12,24H,9-10H2,1H3,(H2,20,21,22,23). The number of hydrogen-bond donors (Lipinski definition) is 3. The Hall–Kier alpha value is -2.64. The first-order valence-corrected chi connectivity index (χ1v) is 9.06. The minimum atomic E-state index is 0.0153. The normalized spacial score (nSPS) is 10.5. The number of hydrogen-bond acceptors (Lipinski definition) is 7. The summed E-state index contributed by atoms with van der Waals surface area (Å²) in [6.45, 7) is 0.405. The molecule has 0 radical (unpaired) electrons. The van der Waals surface area contributed by atoms with Crippen molar-refractivity contribution in [3.63, 3.8) is 0 Å². The van der Waals surface area contributed by atoms with Gasteiger partial charge in [-0.3, -0.25) is 4.98 Å². The lowest BCUT2D eigenvalue weighted by molar-refractivity contribution is 0.311. The fraction of sp³-hybridized carbons (Fsp3) is 0.167. The number of aliphatic hydroxyl groups excluding tert-OH is 1. The third-order valence-electron chi connectivity index (χ3n) is 3.44. The topological polar surface area (TPSA) is 83.0 Å². The van der Waals surface area contributed by atoms with Gasteiger partial charge in [0.05, 0.1) is 12.3 Å². The van der Waals surface area contributed by atoms with Crippen LogP contribution >= 0.6 is 11.8 Å². The molecule has 0 amide bonds. The van der Waals surface area contributed by atoms with Crippen molar-refractivity contribution in [3.05, 3.63) is 54.9 Å². The lowest BCUT2D eigenvalue weighted by Crippen LogP contribution is -2.10. The van der Waals surface area contributed by atoms with Gasteiger partial charge in [0, 0.05) is 41.2 Å². The van der Waals surface area contributed by atoms with Crippen LogP contribution < -0.4 is 10.6 Å². The van der Waals surface area contributed by atoms with E-state index in [2.05, 4.69) is 37.7 Å². The van der Waals surface area contributed by atoms with Gasteiger partial charge < -0.3 is 15.7 Å². The highest BCUT2D eigenvalue weighted by molar-refractivity contribution is 7.98. The van der Waals surface area contributed by atoms with Crippen LogP contribution in [0.5, 0.6) is 0 Å². The van der Waals surface area contributed by atoms with Crippen LogP contribution in [0.2, 0.25) is 0 Å². The summed E-state index contributed by atoms with van der Waals surface area (Å²) in [7, 11) is 0. The maximum atomic E-state index is 9.03. The van der Waals surface area contributed by atoms with Gasteiger partial charge >= 0.3 is 0 Å². The molecular formula is C18H19N5OS. The first-order chi connectivity index (χ1) is 12.3. The van der Waals surface area contributed by atoms with Crippen LogP contribution in [0.1, 0.15) is 0 Å². The Morgan fingerprint density at radius 3 is 2.68 bits per heavy atom. The van der Waals surface area contributed by atoms with Gasteiger partial charge in [0.25, 0.3) is 0 Å². The van der Waals surface area contributed by atoms with E-state index in [0.29, 0.717) is 18.3 Å². The van der Waals surface area contributed by atoms with E-state index in [-0.39, 0.29) is 6.61 Å². The minimum Gasteiger partial charge on any atom is -0.395 e. The van der Waals surface area contributed by atoms with E-state index in [1.54, 1.807) is 24.2 Å². The number of nitrogens with one attached hydrogen (secondary N) is 2. The maximum Gasteiger partial charge on any atom is 0.225 e. The molecule has 128 valence electrons. The molecule has 7 heteroatoms. The van der Waals surface area contributed by atoms with Crippen molar-refractivity contribution in [1.82, 2.24) is 15.0 Å². The van der Waals surface area contributed by atoms with Gasteiger partial charge in [-0.05, 0) is 36.6 Å². The second-order valence-corrected chi connectivity index (χ2v) is 6.08. The largest absolute Gasteiger partial charge is 0.395 e. The Balaban J connectivity index is 1.93. The van der Waals surface area contributed by atoms with Crippen LogP contribution in [0.25, 0.3) is 11.3 Å². The molecule has 0 aliphatic carbocycles. The van der Waals surface area contributed by atoms with E-state index in [1.165, 1.54) is 4.90 Å². The Kier molecular flexibility index (Phi) is 5.81. The minimum absolute atomic E-state index is 0.0153. The molecule has 1 aromatic carbocycles. The number of thioether (sulfide) groups is 1. The number of nitrogens with zero attached hydrogens (tertiary/aromatic N) is 3. The molecular weight excluding hydrogens is 334 g/mol. The van der Waals surface area contributed by atoms with Crippen molar-refractivity contribution < 1.29 is 5.11 Å². The molecule has 2 heterocycles. The van der Waals surface area contributed by atoms with Crippen molar-refractivity contribution >= 4 is 29.2 Å². The zero-order valence-corrected chi connectivity index (χ0v) is 14.6.